The van der Waals surface area contributed by atoms with Gasteiger partial charge in [-0.15, -0.1) is 0 Å². The summed E-state index contributed by atoms with van der Waals surface area (Å²) in [7, 11) is -4.08. The fraction of sp³-hybridized carbons (Fsp3) is 0.158. The quantitative estimate of drug-likeness (QED) is 0.171. The number of thiazole rings is 1. The minimum Gasteiger partial charge on any atom is -0.461 e. The molecule has 3 aromatic rings. The average Bonchev–Trinajstić information content (AvgIpc) is 3.50. The Hall–Kier alpha value is -3.71. The van der Waals surface area contributed by atoms with Crippen molar-refractivity contribution in [2.45, 2.75) is 22.1 Å². The second kappa shape index (κ2) is 7.76. The van der Waals surface area contributed by atoms with Crippen LogP contribution in [0.5, 0.6) is 0 Å². The fourth-order valence-electron chi connectivity index (χ4n) is 3.33. The number of rotatable bonds is 6. The maximum Gasteiger partial charge on any atom is 0.297 e. The van der Waals surface area contributed by atoms with Gasteiger partial charge in [0.2, 0.25) is 21.4 Å². The zero-order valence-electron chi connectivity index (χ0n) is 16.2. The lowest BCUT2D eigenvalue weighted by Crippen LogP contribution is -2.34. The Balaban J connectivity index is 1.64. The van der Waals surface area contributed by atoms with E-state index in [4.69, 9.17) is 4.42 Å². The zero-order chi connectivity index (χ0) is 23.2. The maximum absolute atomic E-state index is 12.9. The minimum absolute atomic E-state index is 0.0638. The molecule has 11 nitrogen and oxygen atoms in total. The molecule has 13 heteroatoms. The topological polar surface area (TPSA) is 158 Å². The molecule has 0 spiro atoms. The molecule has 1 fully saturated rings. The van der Waals surface area contributed by atoms with Gasteiger partial charge in [-0.25, -0.2) is 13.4 Å². The standard InChI is InChI=1S/C19H13N3O8S2/c1-10-15(16(23)13-3-2-8-30-13)17(24)18(25)21(10)19-20-9-14(31-19)32(28,29)12-6-4-11(5-7-12)22(26)27/h2-10,15H,1H3. The second-order valence-corrected chi connectivity index (χ2v) is 10.0. The largest absolute Gasteiger partial charge is 0.461 e. The highest BCUT2D eigenvalue weighted by atomic mass is 32.2. The van der Waals surface area contributed by atoms with Gasteiger partial charge in [0.05, 0.1) is 28.3 Å². The number of nitrogens with zero attached hydrogens (tertiary/aromatic N) is 3. The third kappa shape index (κ3) is 3.40. The molecule has 1 aromatic carbocycles. The van der Waals surface area contributed by atoms with E-state index in [1.54, 1.807) is 0 Å². The first-order valence-corrected chi connectivity index (χ1v) is 11.3. The van der Waals surface area contributed by atoms with Crippen LogP contribution in [0, 0.1) is 16.0 Å². The van der Waals surface area contributed by atoms with Crippen molar-refractivity contribution in [3.05, 3.63) is 64.7 Å². The minimum atomic E-state index is -4.08. The van der Waals surface area contributed by atoms with Gasteiger partial charge >= 0.3 is 0 Å². The molecule has 2 unspecified atom stereocenters. The molecule has 1 aliphatic rings. The summed E-state index contributed by atoms with van der Waals surface area (Å²) in [5, 5.41) is 10.7. The molecule has 2 atom stereocenters. The van der Waals surface area contributed by atoms with Gasteiger partial charge in [-0.3, -0.25) is 29.4 Å². The molecule has 1 saturated heterocycles. The number of hydrogen-bond donors (Lipinski definition) is 0. The Morgan fingerprint density at radius 3 is 2.50 bits per heavy atom. The predicted octanol–water partition coefficient (Wildman–Crippen LogP) is 2.28. The van der Waals surface area contributed by atoms with E-state index in [1.807, 2.05) is 0 Å². The highest BCUT2D eigenvalue weighted by Gasteiger charge is 2.51. The van der Waals surface area contributed by atoms with Gasteiger partial charge in [-0.1, -0.05) is 11.3 Å². The lowest BCUT2D eigenvalue weighted by molar-refractivity contribution is -0.384. The van der Waals surface area contributed by atoms with Gasteiger partial charge in [0, 0.05) is 12.1 Å². The van der Waals surface area contributed by atoms with E-state index >= 15 is 0 Å². The smallest absolute Gasteiger partial charge is 0.297 e. The molecule has 0 radical (unpaired) electrons. The number of sulfone groups is 1. The summed E-state index contributed by atoms with van der Waals surface area (Å²) in [4.78, 5) is 52.6. The van der Waals surface area contributed by atoms with Crippen LogP contribution in [0.4, 0.5) is 10.8 Å². The summed E-state index contributed by atoms with van der Waals surface area (Å²) in [6, 6.07) is 6.26. The summed E-state index contributed by atoms with van der Waals surface area (Å²) in [6.45, 7) is 1.49. The van der Waals surface area contributed by atoms with Crippen molar-refractivity contribution in [3.63, 3.8) is 0 Å². The van der Waals surface area contributed by atoms with Crippen LogP contribution in [0.2, 0.25) is 0 Å². The molecule has 0 N–H and O–H groups in total. The Bertz CT molecular complexity index is 1340. The molecule has 0 saturated carbocycles. The van der Waals surface area contributed by atoms with E-state index in [9.17, 15) is 32.9 Å². The number of anilines is 1. The van der Waals surface area contributed by atoms with Crippen LogP contribution in [0.1, 0.15) is 17.5 Å². The van der Waals surface area contributed by atoms with E-state index in [0.29, 0.717) is 11.3 Å². The van der Waals surface area contributed by atoms with Crippen LogP contribution in [0.3, 0.4) is 0 Å². The summed E-state index contributed by atoms with van der Waals surface area (Å²) in [5.41, 5.74) is -0.267. The van der Waals surface area contributed by atoms with E-state index in [-0.39, 0.29) is 25.7 Å². The number of furan rings is 1. The van der Waals surface area contributed by atoms with Gasteiger partial charge in [0.25, 0.3) is 11.6 Å². The number of nitro benzene ring substituents is 1. The van der Waals surface area contributed by atoms with Gasteiger partial charge in [-0.2, -0.15) is 0 Å². The zero-order valence-corrected chi connectivity index (χ0v) is 17.8. The first-order chi connectivity index (χ1) is 15.1. The number of amides is 1. The molecule has 3 heterocycles. The van der Waals surface area contributed by atoms with Crippen molar-refractivity contribution >= 4 is 49.5 Å². The normalized spacial score (nSPS) is 18.8. The fourth-order valence-corrected chi connectivity index (χ4v) is 5.93. The number of benzene rings is 1. The SMILES string of the molecule is CC1C(C(=O)c2ccco2)C(=O)C(=O)N1c1ncc(S(=O)(=O)c2ccc([N+](=O)[O-])cc2)s1. The van der Waals surface area contributed by atoms with Crippen LogP contribution in [0.15, 0.2) is 62.4 Å². The third-order valence-corrected chi connectivity index (χ3v) is 8.18. The number of carbonyl (C=O) groups is 3. The summed E-state index contributed by atoms with van der Waals surface area (Å²) in [6.07, 6.45) is 2.30. The number of aromatic nitrogens is 1. The van der Waals surface area contributed by atoms with Crippen molar-refractivity contribution in [1.82, 2.24) is 4.98 Å². The van der Waals surface area contributed by atoms with E-state index in [2.05, 4.69) is 4.98 Å². The van der Waals surface area contributed by atoms with Gasteiger partial charge < -0.3 is 4.42 Å². The average molecular weight is 475 g/mol. The highest BCUT2D eigenvalue weighted by Crippen LogP contribution is 2.36. The van der Waals surface area contributed by atoms with Crippen molar-refractivity contribution in [3.8, 4) is 0 Å². The third-order valence-electron chi connectivity index (χ3n) is 4.95. The van der Waals surface area contributed by atoms with Crippen LogP contribution >= 0.6 is 11.3 Å². The highest BCUT2D eigenvalue weighted by molar-refractivity contribution is 7.93. The Morgan fingerprint density at radius 2 is 1.91 bits per heavy atom. The van der Waals surface area contributed by atoms with E-state index < -0.39 is 44.2 Å². The van der Waals surface area contributed by atoms with Crippen molar-refractivity contribution in [2.24, 2.45) is 5.92 Å². The van der Waals surface area contributed by atoms with Crippen molar-refractivity contribution < 1.29 is 32.1 Å². The van der Waals surface area contributed by atoms with Crippen molar-refractivity contribution in [2.75, 3.05) is 4.90 Å². The molecule has 32 heavy (non-hydrogen) atoms. The molecular formula is C19H13N3O8S2. The van der Waals surface area contributed by atoms with Gasteiger partial charge in [0.15, 0.2) is 10.9 Å². The van der Waals surface area contributed by atoms with Crippen molar-refractivity contribution in [1.29, 1.82) is 0 Å². The first kappa shape index (κ1) is 21.5. The maximum atomic E-state index is 12.9. The Morgan fingerprint density at radius 1 is 1.22 bits per heavy atom. The molecular weight excluding hydrogens is 462 g/mol. The van der Waals surface area contributed by atoms with Gasteiger partial charge in [-0.05, 0) is 31.2 Å². The summed E-state index contributed by atoms with van der Waals surface area (Å²) < 4.78 is 30.5. The number of non-ortho nitro benzene ring substituents is 1. The number of hydrogen-bond acceptors (Lipinski definition) is 10. The van der Waals surface area contributed by atoms with Crippen LogP contribution in [-0.4, -0.2) is 41.8 Å². The molecule has 0 aliphatic carbocycles. The number of nitro groups is 1. The molecule has 4 rings (SSSR count). The Kier molecular flexibility index (Phi) is 5.22. The molecule has 2 aromatic heterocycles. The van der Waals surface area contributed by atoms with Crippen LogP contribution in [-0.2, 0) is 19.4 Å². The number of carbonyl (C=O) groups excluding carboxylic acids is 3. The number of Topliss-reactive ketones (excluding diaryl/α,β-unsaturated/α-hetero) is 2. The van der Waals surface area contributed by atoms with Gasteiger partial charge in [0.1, 0.15) is 10.1 Å². The number of ketones is 2. The monoisotopic (exact) mass is 475 g/mol. The molecule has 1 aliphatic heterocycles. The molecule has 1 amide bonds. The van der Waals surface area contributed by atoms with E-state index in [1.165, 1.54) is 25.3 Å². The summed E-state index contributed by atoms with van der Waals surface area (Å²) >= 11 is 0.648. The Labute approximate surface area is 184 Å². The lowest BCUT2D eigenvalue weighted by atomic mass is 9.94. The lowest BCUT2D eigenvalue weighted by Gasteiger charge is -2.19. The van der Waals surface area contributed by atoms with Crippen LogP contribution in [0.25, 0.3) is 0 Å². The first-order valence-electron chi connectivity index (χ1n) is 9.03. The van der Waals surface area contributed by atoms with E-state index in [0.717, 1.165) is 35.4 Å². The summed E-state index contributed by atoms with van der Waals surface area (Å²) in [5.74, 6) is -3.94. The van der Waals surface area contributed by atoms with Crippen LogP contribution < -0.4 is 4.90 Å². The predicted molar refractivity (Wildman–Crippen MR) is 109 cm³/mol. The second-order valence-electron chi connectivity index (χ2n) is 6.82. The molecule has 0 bridgehead atoms. The molecule has 164 valence electrons.